The van der Waals surface area contributed by atoms with E-state index in [2.05, 4.69) is 0 Å². The van der Waals surface area contributed by atoms with Crippen molar-refractivity contribution in [3.05, 3.63) is 29.1 Å². The summed E-state index contributed by atoms with van der Waals surface area (Å²) in [6.07, 6.45) is -1.53. The second-order valence-corrected chi connectivity index (χ2v) is 4.99. The second kappa shape index (κ2) is 4.84. The fraction of sp³-hybridized carbons (Fsp3) is 0.538. The Balaban J connectivity index is 2.40. The largest absolute Gasteiger partial charge is 0.389 e. The maximum absolute atomic E-state index is 13.6. The van der Waals surface area contributed by atoms with Gasteiger partial charge in [0.25, 0.3) is 0 Å². The third-order valence-corrected chi connectivity index (χ3v) is 3.40. The lowest BCUT2D eigenvalue weighted by Crippen LogP contribution is -2.24. The van der Waals surface area contributed by atoms with Crippen LogP contribution in [0.5, 0.6) is 0 Å². The van der Waals surface area contributed by atoms with Crippen molar-refractivity contribution in [3.63, 3.8) is 0 Å². The molecule has 3 atom stereocenters. The zero-order chi connectivity index (χ0) is 13.4. The Kier molecular flexibility index (Phi) is 3.56. The zero-order valence-electron chi connectivity index (χ0n) is 10.6. The van der Waals surface area contributed by atoms with E-state index >= 15 is 0 Å². The molecule has 1 aliphatic heterocycles. The van der Waals surface area contributed by atoms with Crippen molar-refractivity contribution in [3.8, 4) is 0 Å². The van der Waals surface area contributed by atoms with Gasteiger partial charge in [-0.05, 0) is 37.1 Å². The van der Waals surface area contributed by atoms with Gasteiger partial charge in [0.05, 0.1) is 12.2 Å². The molecule has 0 bridgehead atoms. The summed E-state index contributed by atoms with van der Waals surface area (Å²) >= 11 is 0. The predicted molar refractivity (Wildman–Crippen MR) is 68.0 cm³/mol. The number of anilines is 1. The van der Waals surface area contributed by atoms with Crippen molar-refractivity contribution in [2.24, 2.45) is 5.73 Å². The third kappa shape index (κ3) is 2.34. The minimum atomic E-state index is -0.767. The molecule has 0 spiro atoms. The molecule has 1 aliphatic rings. The quantitative estimate of drug-likeness (QED) is 0.726. The fourth-order valence-electron chi connectivity index (χ4n) is 2.29. The Labute approximate surface area is 106 Å². The minimum absolute atomic E-state index is 0.286. The minimum Gasteiger partial charge on any atom is -0.389 e. The molecule has 1 fully saturated rings. The first kappa shape index (κ1) is 13.3. The van der Waals surface area contributed by atoms with Gasteiger partial charge in [0.15, 0.2) is 0 Å². The van der Waals surface area contributed by atoms with Gasteiger partial charge < -0.3 is 20.8 Å². The first-order chi connectivity index (χ1) is 8.40. The number of nitrogens with zero attached hydrogens (tertiary/aromatic N) is 1. The van der Waals surface area contributed by atoms with E-state index in [1.807, 2.05) is 4.90 Å². The maximum Gasteiger partial charge on any atom is 0.126 e. The monoisotopic (exact) mass is 254 g/mol. The first-order valence-corrected chi connectivity index (χ1v) is 6.07. The van der Waals surface area contributed by atoms with Crippen LogP contribution in [0.3, 0.4) is 0 Å². The lowest BCUT2D eigenvalue weighted by atomic mass is 10.0. The highest BCUT2D eigenvalue weighted by atomic mass is 19.1. The Morgan fingerprint density at radius 1 is 1.33 bits per heavy atom. The van der Waals surface area contributed by atoms with Gasteiger partial charge in [0.2, 0.25) is 0 Å². The van der Waals surface area contributed by atoms with Gasteiger partial charge >= 0.3 is 0 Å². The zero-order valence-corrected chi connectivity index (χ0v) is 10.6. The topological polar surface area (TPSA) is 69.7 Å². The molecule has 18 heavy (non-hydrogen) atoms. The molecule has 0 saturated carbocycles. The van der Waals surface area contributed by atoms with E-state index in [0.717, 1.165) is 5.69 Å². The van der Waals surface area contributed by atoms with Crippen LogP contribution in [0.15, 0.2) is 12.1 Å². The summed E-state index contributed by atoms with van der Waals surface area (Å²) in [5, 5.41) is 19.2. The number of aliphatic hydroxyl groups is 2. The first-order valence-electron chi connectivity index (χ1n) is 6.07. The average Bonchev–Trinajstić information content (AvgIpc) is 2.62. The summed E-state index contributed by atoms with van der Waals surface area (Å²) in [5.74, 6) is -0.286. The SMILES string of the molecule is Cc1cc(N2CC(O)C(O)C2)c([C@H](C)N)cc1F. The number of hydrogen-bond donors (Lipinski definition) is 3. The van der Waals surface area contributed by atoms with Crippen LogP contribution in [0.25, 0.3) is 0 Å². The van der Waals surface area contributed by atoms with Crippen LogP contribution >= 0.6 is 0 Å². The Morgan fingerprint density at radius 2 is 1.89 bits per heavy atom. The molecule has 5 heteroatoms. The van der Waals surface area contributed by atoms with Crippen LogP contribution in [0.2, 0.25) is 0 Å². The number of aryl methyl sites for hydroxylation is 1. The van der Waals surface area contributed by atoms with Gasteiger partial charge in [-0.25, -0.2) is 4.39 Å². The van der Waals surface area contributed by atoms with Gasteiger partial charge in [-0.15, -0.1) is 0 Å². The van der Waals surface area contributed by atoms with Gasteiger partial charge in [-0.2, -0.15) is 0 Å². The normalized spacial score (nSPS) is 25.6. The average molecular weight is 254 g/mol. The smallest absolute Gasteiger partial charge is 0.126 e. The van der Waals surface area contributed by atoms with E-state index in [4.69, 9.17) is 5.73 Å². The van der Waals surface area contributed by atoms with Gasteiger partial charge in [0.1, 0.15) is 5.82 Å². The lowest BCUT2D eigenvalue weighted by Gasteiger charge is -2.24. The molecule has 2 unspecified atom stereocenters. The van der Waals surface area contributed by atoms with Crippen LogP contribution in [0.4, 0.5) is 10.1 Å². The highest BCUT2D eigenvalue weighted by molar-refractivity contribution is 5.58. The molecule has 0 aromatic heterocycles. The lowest BCUT2D eigenvalue weighted by molar-refractivity contribution is 0.0572. The number of hydrogen-bond acceptors (Lipinski definition) is 4. The summed E-state index contributed by atoms with van der Waals surface area (Å²) in [6.45, 7) is 4.15. The van der Waals surface area contributed by atoms with Crippen molar-refractivity contribution in [1.29, 1.82) is 0 Å². The highest BCUT2D eigenvalue weighted by Crippen LogP contribution is 2.30. The standard InChI is InChI=1S/C13H19FN2O2/c1-7-3-11(9(8(2)15)4-10(7)14)16-5-12(17)13(18)6-16/h3-4,8,12-13,17-18H,5-6,15H2,1-2H3/t8-,12?,13?/m0/s1. The molecule has 0 amide bonds. The molecule has 0 radical (unpaired) electrons. The summed E-state index contributed by atoms with van der Waals surface area (Å²) in [5.41, 5.74) is 7.87. The third-order valence-electron chi connectivity index (χ3n) is 3.40. The summed E-state index contributed by atoms with van der Waals surface area (Å²) in [7, 11) is 0. The van der Waals surface area contributed by atoms with Crippen LogP contribution < -0.4 is 10.6 Å². The number of benzene rings is 1. The Bertz CT molecular complexity index is 441. The fourth-order valence-corrected chi connectivity index (χ4v) is 2.29. The number of aliphatic hydroxyl groups excluding tert-OH is 2. The van der Waals surface area contributed by atoms with Crippen molar-refractivity contribution < 1.29 is 14.6 Å². The highest BCUT2D eigenvalue weighted by Gasteiger charge is 2.31. The molecule has 100 valence electrons. The van der Waals surface area contributed by atoms with Crippen molar-refractivity contribution >= 4 is 5.69 Å². The van der Waals surface area contributed by atoms with Crippen LogP contribution in [-0.4, -0.2) is 35.5 Å². The molecular weight excluding hydrogens is 235 g/mol. The van der Waals surface area contributed by atoms with E-state index in [0.29, 0.717) is 24.2 Å². The van der Waals surface area contributed by atoms with Gasteiger partial charge in [-0.3, -0.25) is 0 Å². The Morgan fingerprint density at radius 3 is 2.39 bits per heavy atom. The molecule has 4 nitrogen and oxygen atoms in total. The van der Waals surface area contributed by atoms with Crippen LogP contribution in [-0.2, 0) is 0 Å². The maximum atomic E-state index is 13.6. The molecule has 1 saturated heterocycles. The number of rotatable bonds is 2. The summed E-state index contributed by atoms with van der Waals surface area (Å²) < 4.78 is 13.6. The van der Waals surface area contributed by atoms with E-state index in [9.17, 15) is 14.6 Å². The van der Waals surface area contributed by atoms with E-state index < -0.39 is 12.2 Å². The van der Waals surface area contributed by atoms with Gasteiger partial charge in [0, 0.05) is 24.8 Å². The van der Waals surface area contributed by atoms with Crippen LogP contribution in [0.1, 0.15) is 24.1 Å². The van der Waals surface area contributed by atoms with Gasteiger partial charge in [-0.1, -0.05) is 0 Å². The van der Waals surface area contributed by atoms with E-state index in [1.54, 1.807) is 19.9 Å². The number of β-amino-alcohol motifs (C(OH)–C–C–N with tert-alkyl or cyclic N) is 2. The number of halogens is 1. The summed E-state index contributed by atoms with van der Waals surface area (Å²) in [6, 6.07) is 2.86. The molecule has 1 heterocycles. The molecule has 0 aliphatic carbocycles. The molecule has 1 aromatic rings. The second-order valence-electron chi connectivity index (χ2n) is 4.99. The van der Waals surface area contributed by atoms with Crippen molar-refractivity contribution in [1.82, 2.24) is 0 Å². The van der Waals surface area contributed by atoms with Crippen LogP contribution in [0, 0.1) is 12.7 Å². The molecule has 1 aromatic carbocycles. The summed E-state index contributed by atoms with van der Waals surface area (Å²) in [4.78, 5) is 1.85. The van der Waals surface area contributed by atoms with E-state index in [1.165, 1.54) is 6.07 Å². The van der Waals surface area contributed by atoms with Crippen molar-refractivity contribution in [2.75, 3.05) is 18.0 Å². The molecular formula is C13H19FN2O2. The molecule has 2 rings (SSSR count). The predicted octanol–water partition coefficient (Wildman–Crippen LogP) is 0.696. The van der Waals surface area contributed by atoms with Crippen molar-refractivity contribution in [2.45, 2.75) is 32.1 Å². The molecule has 4 N–H and O–H groups in total. The number of nitrogens with two attached hydrogens (primary N) is 1. The Hall–Kier alpha value is -1.17. The van der Waals surface area contributed by atoms with E-state index in [-0.39, 0.29) is 11.9 Å².